The normalized spacial score (nSPS) is 12.8. The first-order chi connectivity index (χ1) is 11.7. The Balaban J connectivity index is 0.00000243. The van der Waals surface area contributed by atoms with E-state index in [4.69, 9.17) is 0 Å². The zero-order chi connectivity index (χ0) is 18.4. The van der Waals surface area contributed by atoms with Crippen LogP contribution < -0.4 is 0 Å². The largest absolute Gasteiger partial charge is 0.506 e. The van der Waals surface area contributed by atoms with Gasteiger partial charge in [0.25, 0.3) is 0 Å². The van der Waals surface area contributed by atoms with Crippen molar-refractivity contribution in [3.63, 3.8) is 0 Å². The summed E-state index contributed by atoms with van der Waals surface area (Å²) in [5.74, 6) is 0.384. The molecule has 1 unspecified atom stereocenters. The van der Waals surface area contributed by atoms with Crippen LogP contribution in [-0.4, -0.2) is 40.1 Å². The van der Waals surface area contributed by atoms with Crippen molar-refractivity contribution in [2.75, 3.05) is 5.75 Å². The summed E-state index contributed by atoms with van der Waals surface area (Å²) in [4.78, 5) is 12.0. The highest BCUT2D eigenvalue weighted by Crippen LogP contribution is 2.32. The van der Waals surface area contributed by atoms with E-state index in [1.807, 2.05) is 0 Å². The second kappa shape index (κ2) is 7.00. The number of pyridine rings is 2. The Labute approximate surface area is 148 Å². The predicted molar refractivity (Wildman–Crippen MR) is 89.0 cm³/mol. The molecule has 3 rings (SSSR count). The van der Waals surface area contributed by atoms with Crippen LogP contribution in [0.2, 0.25) is 0 Å². The van der Waals surface area contributed by atoms with Gasteiger partial charge in [-0.1, -0.05) is 6.92 Å². The molecular weight excluding hydrogens is 373 g/mol. The van der Waals surface area contributed by atoms with Crippen LogP contribution in [0.4, 0.5) is 13.2 Å². The van der Waals surface area contributed by atoms with Crippen LogP contribution in [0.3, 0.4) is 0 Å². The van der Waals surface area contributed by atoms with E-state index in [-0.39, 0.29) is 33.2 Å². The van der Waals surface area contributed by atoms with Gasteiger partial charge in [0.15, 0.2) is 5.82 Å². The van der Waals surface area contributed by atoms with Crippen molar-refractivity contribution in [2.45, 2.75) is 18.0 Å². The molecule has 0 aliphatic carbocycles. The molecule has 140 valence electrons. The second-order valence-corrected chi connectivity index (χ2v) is 6.93. The Morgan fingerprint density at radius 2 is 1.92 bits per heavy atom. The number of nitrogens with zero attached hydrogens (tertiary/aromatic N) is 4. The van der Waals surface area contributed by atoms with E-state index in [9.17, 15) is 22.5 Å². The molecule has 7 nitrogen and oxygen atoms in total. The van der Waals surface area contributed by atoms with Crippen LogP contribution in [0.25, 0.3) is 22.6 Å². The highest BCUT2D eigenvalue weighted by atomic mass is 32.2. The van der Waals surface area contributed by atoms with Gasteiger partial charge in [0.2, 0.25) is 0 Å². The number of alkyl halides is 3. The van der Waals surface area contributed by atoms with Gasteiger partial charge in [-0.2, -0.15) is 13.2 Å². The fourth-order valence-corrected chi connectivity index (χ4v) is 3.31. The molecule has 0 saturated carbocycles. The van der Waals surface area contributed by atoms with E-state index in [1.165, 1.54) is 16.8 Å². The minimum Gasteiger partial charge on any atom is -0.506 e. The molecule has 3 aromatic rings. The molecule has 0 spiro atoms. The van der Waals surface area contributed by atoms with Crippen LogP contribution in [-0.2, 0) is 24.0 Å². The third kappa shape index (κ3) is 3.40. The highest BCUT2D eigenvalue weighted by Gasteiger charge is 2.33. The van der Waals surface area contributed by atoms with Crippen molar-refractivity contribution in [1.82, 2.24) is 19.5 Å². The summed E-state index contributed by atoms with van der Waals surface area (Å²) in [6.45, 7) is 1.71. The van der Waals surface area contributed by atoms with Crippen molar-refractivity contribution in [1.29, 1.82) is 0 Å². The van der Waals surface area contributed by atoms with Crippen molar-refractivity contribution in [2.24, 2.45) is 7.05 Å². The molecule has 0 aliphatic heterocycles. The minimum atomic E-state index is -4.57. The van der Waals surface area contributed by atoms with Gasteiger partial charge in [-0.15, -0.1) is 0 Å². The molecule has 0 aliphatic rings. The van der Waals surface area contributed by atoms with E-state index in [1.54, 1.807) is 14.0 Å². The molecule has 0 radical (unpaired) electrons. The summed E-state index contributed by atoms with van der Waals surface area (Å²) < 4.78 is 52.2. The third-order valence-corrected chi connectivity index (χ3v) is 4.94. The van der Waals surface area contributed by atoms with Gasteiger partial charge < -0.3 is 15.1 Å². The van der Waals surface area contributed by atoms with E-state index >= 15 is 0 Å². The Morgan fingerprint density at radius 3 is 2.54 bits per heavy atom. The van der Waals surface area contributed by atoms with Crippen molar-refractivity contribution < 1.29 is 28.0 Å². The smallest absolute Gasteiger partial charge is 0.433 e. The van der Waals surface area contributed by atoms with Crippen LogP contribution in [0.15, 0.2) is 29.4 Å². The first kappa shape index (κ1) is 19.8. The first-order valence-electron chi connectivity index (χ1n) is 7.19. The Kier molecular flexibility index (Phi) is 5.33. The van der Waals surface area contributed by atoms with E-state index in [2.05, 4.69) is 15.0 Å². The zero-order valence-corrected chi connectivity index (χ0v) is 14.5. The maximum Gasteiger partial charge on any atom is 0.433 e. The average molecular weight is 388 g/mol. The molecule has 0 amide bonds. The second-order valence-electron chi connectivity index (χ2n) is 5.22. The third-order valence-electron chi connectivity index (χ3n) is 3.62. The highest BCUT2D eigenvalue weighted by molar-refractivity contribution is 7.85. The lowest BCUT2D eigenvalue weighted by Gasteiger charge is -2.08. The predicted octanol–water partition coefficient (Wildman–Crippen LogP) is 2.06. The quantitative estimate of drug-likeness (QED) is 0.738. The number of halogens is 3. The monoisotopic (exact) mass is 388 g/mol. The van der Waals surface area contributed by atoms with Crippen LogP contribution in [0.5, 0.6) is 5.75 Å². The number of imidazole rings is 1. The number of hydrogen-bond acceptors (Lipinski definition) is 5. The standard InChI is InChI=1S/C15H13F3N4O2S.H2O/c1-3-25(24)11-4-8(23)6-20-13(11)14-21-9-5-12(15(16,17)18)19-7-10(9)22(14)2;/h4-7,23H,3H2,1-2H3;1H2. The number of fused-ring (bicyclic) bond motifs is 1. The molecule has 1 atom stereocenters. The molecular formula is C15H15F3N4O3S. The van der Waals surface area contributed by atoms with Gasteiger partial charge in [0, 0.05) is 12.8 Å². The van der Waals surface area contributed by atoms with Gasteiger partial charge >= 0.3 is 6.18 Å². The average Bonchev–Trinajstić information content (AvgIpc) is 2.89. The number of aromatic hydroxyl groups is 1. The maximum atomic E-state index is 12.8. The van der Waals surface area contributed by atoms with Crippen molar-refractivity contribution in [3.8, 4) is 17.3 Å². The van der Waals surface area contributed by atoms with Gasteiger partial charge in [-0.05, 0) is 12.1 Å². The number of aromatic nitrogens is 4. The molecule has 0 saturated heterocycles. The summed E-state index contributed by atoms with van der Waals surface area (Å²) >= 11 is 0. The van der Waals surface area contributed by atoms with Crippen LogP contribution in [0.1, 0.15) is 12.6 Å². The lowest BCUT2D eigenvalue weighted by molar-refractivity contribution is -0.141. The fourth-order valence-electron chi connectivity index (χ4n) is 2.39. The lowest BCUT2D eigenvalue weighted by atomic mass is 10.3. The molecule has 3 aromatic heterocycles. The summed E-state index contributed by atoms with van der Waals surface area (Å²) in [5.41, 5.74) is -0.319. The van der Waals surface area contributed by atoms with Gasteiger partial charge in [0.1, 0.15) is 17.1 Å². The fraction of sp³-hybridized carbons (Fsp3) is 0.267. The Hall–Kier alpha value is -2.53. The summed E-state index contributed by atoms with van der Waals surface area (Å²) in [6.07, 6.45) is -2.31. The van der Waals surface area contributed by atoms with Gasteiger partial charge in [-0.3, -0.25) is 4.21 Å². The zero-order valence-electron chi connectivity index (χ0n) is 13.7. The molecule has 26 heavy (non-hydrogen) atoms. The first-order valence-corrected chi connectivity index (χ1v) is 8.51. The lowest BCUT2D eigenvalue weighted by Crippen LogP contribution is -2.07. The Bertz CT molecular complexity index is 988. The number of aryl methyl sites for hydroxylation is 1. The SMILES string of the molecule is CCS(=O)c1cc(O)cnc1-c1nc2cc(C(F)(F)F)ncc2n1C.O. The van der Waals surface area contributed by atoms with Crippen molar-refractivity contribution >= 4 is 21.8 Å². The van der Waals surface area contributed by atoms with E-state index < -0.39 is 22.7 Å². The summed E-state index contributed by atoms with van der Waals surface area (Å²) in [5, 5.41) is 9.60. The van der Waals surface area contributed by atoms with E-state index in [0.29, 0.717) is 11.3 Å². The summed E-state index contributed by atoms with van der Waals surface area (Å²) in [7, 11) is 0.171. The molecule has 0 aromatic carbocycles. The van der Waals surface area contributed by atoms with Crippen molar-refractivity contribution in [3.05, 3.63) is 30.2 Å². The summed E-state index contributed by atoms with van der Waals surface area (Å²) in [6, 6.07) is 2.18. The molecule has 3 N–H and O–H groups in total. The van der Waals surface area contributed by atoms with E-state index in [0.717, 1.165) is 12.3 Å². The minimum absolute atomic E-state index is 0. The Morgan fingerprint density at radius 1 is 1.23 bits per heavy atom. The molecule has 0 fully saturated rings. The topological polar surface area (TPSA) is 112 Å². The van der Waals surface area contributed by atoms with Gasteiger partial charge in [-0.25, -0.2) is 15.0 Å². The molecule has 0 bridgehead atoms. The number of rotatable bonds is 3. The number of hydrogen-bond donors (Lipinski definition) is 1. The molecule has 11 heteroatoms. The maximum absolute atomic E-state index is 12.8. The van der Waals surface area contributed by atoms with Crippen LogP contribution >= 0.6 is 0 Å². The molecule has 3 heterocycles. The van der Waals surface area contributed by atoms with Crippen LogP contribution in [0, 0.1) is 0 Å². The van der Waals surface area contributed by atoms with Gasteiger partial charge in [0.05, 0.1) is 39.1 Å².